The van der Waals surface area contributed by atoms with E-state index in [-0.39, 0.29) is 17.3 Å². The second-order valence-electron chi connectivity index (χ2n) is 8.07. The summed E-state index contributed by atoms with van der Waals surface area (Å²) in [5.41, 5.74) is 1.59. The summed E-state index contributed by atoms with van der Waals surface area (Å²) in [7, 11) is -3.63. The van der Waals surface area contributed by atoms with E-state index in [0.717, 1.165) is 44.0 Å². The van der Waals surface area contributed by atoms with Crippen molar-refractivity contribution in [1.82, 2.24) is 9.88 Å². The minimum absolute atomic E-state index is 0. The molecule has 1 fully saturated rings. The maximum Gasteiger partial charge on any atom is 0.261 e. The van der Waals surface area contributed by atoms with Crippen molar-refractivity contribution in [1.29, 1.82) is 0 Å². The molecule has 6 nitrogen and oxygen atoms in total. The summed E-state index contributed by atoms with van der Waals surface area (Å²) in [6.07, 6.45) is 2.76. The quantitative estimate of drug-likeness (QED) is 0.676. The average molecular weight is 453 g/mol. The first kappa shape index (κ1) is 24.4. The molecule has 0 amide bonds. The lowest BCUT2D eigenvalue weighted by atomic mass is 10.0. The van der Waals surface area contributed by atoms with Crippen molar-refractivity contribution in [2.24, 2.45) is 0 Å². The number of sulfonamides is 1. The van der Waals surface area contributed by atoms with E-state index in [4.69, 9.17) is 0 Å². The fraction of sp³-hybridized carbons (Fsp3) is 0.500. The number of piperazine rings is 1. The molecule has 1 unspecified atom stereocenters. The Labute approximate surface area is 187 Å². The number of pyridine rings is 1. The molecular formula is C22H33ClN4O2S. The zero-order chi connectivity index (χ0) is 21.0. The van der Waals surface area contributed by atoms with Gasteiger partial charge in [0.25, 0.3) is 10.0 Å². The highest BCUT2D eigenvalue weighted by atomic mass is 35.5. The molecular weight excluding hydrogens is 420 g/mol. The Bertz CT molecular complexity index is 902. The Morgan fingerprint density at radius 1 is 1.13 bits per heavy atom. The molecule has 1 atom stereocenters. The number of nitrogens with zero attached hydrogens (tertiary/aromatic N) is 3. The van der Waals surface area contributed by atoms with Crippen molar-refractivity contribution in [3.63, 3.8) is 0 Å². The maximum atomic E-state index is 12.7. The summed E-state index contributed by atoms with van der Waals surface area (Å²) < 4.78 is 27.9. The van der Waals surface area contributed by atoms with Gasteiger partial charge < -0.3 is 4.90 Å². The second-order valence-corrected chi connectivity index (χ2v) is 9.75. The van der Waals surface area contributed by atoms with Crippen LogP contribution in [-0.4, -0.2) is 50.5 Å². The van der Waals surface area contributed by atoms with Crippen LogP contribution < -0.4 is 9.62 Å². The number of rotatable bonds is 7. The summed E-state index contributed by atoms with van der Waals surface area (Å²) >= 11 is 0. The van der Waals surface area contributed by atoms with Crippen LogP contribution >= 0.6 is 12.4 Å². The molecule has 8 heteroatoms. The van der Waals surface area contributed by atoms with E-state index < -0.39 is 10.0 Å². The smallest absolute Gasteiger partial charge is 0.261 e. The molecule has 1 aliphatic heterocycles. The van der Waals surface area contributed by atoms with Crippen molar-refractivity contribution in [3.8, 4) is 0 Å². The van der Waals surface area contributed by atoms with Gasteiger partial charge in [-0.3, -0.25) is 9.62 Å². The van der Waals surface area contributed by atoms with Gasteiger partial charge in [0.15, 0.2) is 0 Å². The Morgan fingerprint density at radius 3 is 2.37 bits per heavy atom. The molecule has 0 saturated carbocycles. The lowest BCUT2D eigenvalue weighted by Crippen LogP contribution is -2.52. The SMILES string of the molecule is CCCN1CCN(c2ccc(NS(=O)(=O)c3ccc(C(C)C)cc3)cn2)CC1C.Cl. The van der Waals surface area contributed by atoms with Crippen LogP contribution in [0.25, 0.3) is 0 Å². The lowest BCUT2D eigenvalue weighted by Gasteiger charge is -2.40. The number of nitrogens with one attached hydrogen (secondary N) is 1. The fourth-order valence-electron chi connectivity index (χ4n) is 3.70. The van der Waals surface area contributed by atoms with Crippen molar-refractivity contribution in [2.45, 2.75) is 51.0 Å². The molecule has 2 heterocycles. The lowest BCUT2D eigenvalue weighted by molar-refractivity contribution is 0.189. The Morgan fingerprint density at radius 2 is 1.83 bits per heavy atom. The Kier molecular flexibility index (Phi) is 8.52. The van der Waals surface area contributed by atoms with Crippen LogP contribution in [0.1, 0.15) is 45.6 Å². The molecule has 0 bridgehead atoms. The summed E-state index contributed by atoms with van der Waals surface area (Å²) in [4.78, 5) is 9.53. The molecule has 1 N–H and O–H groups in total. The number of hydrogen-bond acceptors (Lipinski definition) is 5. The third-order valence-corrected chi connectivity index (χ3v) is 6.85. The van der Waals surface area contributed by atoms with E-state index >= 15 is 0 Å². The van der Waals surface area contributed by atoms with E-state index in [9.17, 15) is 8.42 Å². The van der Waals surface area contributed by atoms with E-state index in [2.05, 4.69) is 47.2 Å². The van der Waals surface area contributed by atoms with E-state index in [0.29, 0.717) is 17.6 Å². The third kappa shape index (κ3) is 5.86. The molecule has 1 aromatic heterocycles. The largest absolute Gasteiger partial charge is 0.354 e. The van der Waals surface area contributed by atoms with E-state index in [1.165, 1.54) is 0 Å². The molecule has 3 rings (SSSR count). The predicted octanol–water partition coefficient (Wildman–Crippen LogP) is 4.35. The highest BCUT2D eigenvalue weighted by Crippen LogP contribution is 2.22. The van der Waals surface area contributed by atoms with E-state index in [1.54, 1.807) is 24.4 Å². The van der Waals surface area contributed by atoms with Crippen LogP contribution in [0.3, 0.4) is 0 Å². The van der Waals surface area contributed by atoms with Gasteiger partial charge in [-0.2, -0.15) is 0 Å². The Hall–Kier alpha value is -1.83. The molecule has 30 heavy (non-hydrogen) atoms. The summed E-state index contributed by atoms with van der Waals surface area (Å²) in [5.74, 6) is 1.25. The van der Waals surface area contributed by atoms with E-state index in [1.807, 2.05) is 18.2 Å². The maximum absolute atomic E-state index is 12.7. The minimum atomic E-state index is -3.63. The van der Waals surface area contributed by atoms with Gasteiger partial charge in [0.1, 0.15) is 5.82 Å². The predicted molar refractivity (Wildman–Crippen MR) is 126 cm³/mol. The van der Waals surface area contributed by atoms with Gasteiger partial charge in [-0.15, -0.1) is 12.4 Å². The van der Waals surface area contributed by atoms with Crippen LogP contribution in [-0.2, 0) is 10.0 Å². The minimum Gasteiger partial charge on any atom is -0.354 e. The second kappa shape index (κ2) is 10.5. The van der Waals surface area contributed by atoms with Gasteiger partial charge in [0.2, 0.25) is 0 Å². The van der Waals surface area contributed by atoms with Crippen LogP contribution in [0.4, 0.5) is 11.5 Å². The number of halogens is 1. The molecule has 166 valence electrons. The van der Waals surface area contributed by atoms with Gasteiger partial charge >= 0.3 is 0 Å². The van der Waals surface area contributed by atoms with Crippen LogP contribution in [0.2, 0.25) is 0 Å². The molecule has 1 aliphatic rings. The zero-order valence-electron chi connectivity index (χ0n) is 18.2. The highest BCUT2D eigenvalue weighted by Gasteiger charge is 2.23. The monoisotopic (exact) mass is 452 g/mol. The Balaban J connectivity index is 0.00000320. The number of aromatic nitrogens is 1. The first-order valence-electron chi connectivity index (χ1n) is 10.4. The van der Waals surface area contributed by atoms with Gasteiger partial charge in [0.05, 0.1) is 16.8 Å². The molecule has 2 aromatic rings. The summed E-state index contributed by atoms with van der Waals surface area (Å²) in [6, 6.07) is 11.2. The first-order chi connectivity index (χ1) is 13.8. The van der Waals surface area contributed by atoms with Gasteiger partial charge in [-0.25, -0.2) is 13.4 Å². The van der Waals surface area contributed by atoms with Crippen LogP contribution in [0, 0.1) is 0 Å². The van der Waals surface area contributed by atoms with Crippen molar-refractivity contribution in [2.75, 3.05) is 35.8 Å². The first-order valence-corrected chi connectivity index (χ1v) is 11.9. The zero-order valence-corrected chi connectivity index (χ0v) is 19.8. The number of anilines is 2. The average Bonchev–Trinajstić information content (AvgIpc) is 2.70. The van der Waals surface area contributed by atoms with Gasteiger partial charge in [-0.1, -0.05) is 32.9 Å². The van der Waals surface area contributed by atoms with Crippen molar-refractivity contribution >= 4 is 33.9 Å². The number of benzene rings is 1. The van der Waals surface area contributed by atoms with Crippen molar-refractivity contribution in [3.05, 3.63) is 48.2 Å². The molecule has 0 aliphatic carbocycles. The standard InChI is InChI=1S/C22H32N4O2S.ClH/c1-5-12-25-13-14-26(16-18(25)4)22-11-8-20(15-23-22)24-29(27,28)21-9-6-19(7-10-21)17(2)3;/h6-11,15,17-18,24H,5,12-14,16H2,1-4H3;1H. The molecule has 1 aromatic carbocycles. The third-order valence-electron chi connectivity index (χ3n) is 5.46. The van der Waals surface area contributed by atoms with Gasteiger partial charge in [0, 0.05) is 25.7 Å². The van der Waals surface area contributed by atoms with Gasteiger partial charge in [-0.05, 0) is 55.6 Å². The highest BCUT2D eigenvalue weighted by molar-refractivity contribution is 7.92. The normalized spacial score (nSPS) is 17.6. The van der Waals surface area contributed by atoms with Crippen molar-refractivity contribution < 1.29 is 8.42 Å². The number of hydrogen-bond donors (Lipinski definition) is 1. The fourth-order valence-corrected chi connectivity index (χ4v) is 4.75. The molecule has 1 saturated heterocycles. The molecule has 0 radical (unpaired) electrons. The van der Waals surface area contributed by atoms with Crippen LogP contribution in [0.5, 0.6) is 0 Å². The summed E-state index contributed by atoms with van der Waals surface area (Å²) in [5, 5.41) is 0. The summed E-state index contributed by atoms with van der Waals surface area (Å²) in [6.45, 7) is 12.6. The molecule has 0 spiro atoms. The van der Waals surface area contributed by atoms with Crippen LogP contribution in [0.15, 0.2) is 47.5 Å². The topological polar surface area (TPSA) is 65.5 Å².